The monoisotopic (exact) mass is 372 g/mol. The zero-order valence-electron chi connectivity index (χ0n) is 14.3. The number of ether oxygens (including phenoxy) is 1. The van der Waals surface area contributed by atoms with E-state index in [0.29, 0.717) is 5.56 Å². The molecule has 1 aromatic rings. The van der Waals surface area contributed by atoms with Gasteiger partial charge in [0.05, 0.1) is 6.42 Å². The van der Waals surface area contributed by atoms with E-state index in [1.54, 1.807) is 0 Å². The first-order valence-electron chi connectivity index (χ1n) is 7.52. The highest BCUT2D eigenvalue weighted by Gasteiger charge is 2.19. The Morgan fingerprint density at radius 1 is 1.23 bits per heavy atom. The van der Waals surface area contributed by atoms with E-state index in [9.17, 15) is 30.1 Å². The molecule has 0 radical (unpaired) electrons. The topological polar surface area (TPSA) is 151 Å². The van der Waals surface area contributed by atoms with E-state index < -0.39 is 41.7 Å². The standard InChI is InChI=1S/C13H14N2O9.C2H6/c1-2-10-6-11(3-4-12(10)16)24-13(17)5-9(7-22-14(18)19)8-23-15(20)21;1-2/h2-4,6,9,16H,1,5,7-8H2;1-2H3. The molecule has 11 nitrogen and oxygen atoms in total. The molecule has 1 aromatic carbocycles. The van der Waals surface area contributed by atoms with Crippen molar-refractivity contribution in [3.63, 3.8) is 0 Å². The normalized spacial score (nSPS) is 9.50. The van der Waals surface area contributed by atoms with Gasteiger partial charge in [-0.2, -0.15) is 0 Å². The Balaban J connectivity index is 0.00000301. The van der Waals surface area contributed by atoms with Crippen LogP contribution in [0.3, 0.4) is 0 Å². The summed E-state index contributed by atoms with van der Waals surface area (Å²) >= 11 is 0. The lowest BCUT2D eigenvalue weighted by molar-refractivity contribution is -0.768. The summed E-state index contributed by atoms with van der Waals surface area (Å²) in [5.74, 6) is -1.71. The zero-order chi connectivity index (χ0) is 20.1. The second-order valence-electron chi connectivity index (χ2n) is 4.51. The van der Waals surface area contributed by atoms with Gasteiger partial charge in [-0.3, -0.25) is 4.79 Å². The van der Waals surface area contributed by atoms with E-state index in [-0.39, 0.29) is 11.5 Å². The fraction of sp³-hybridized carbons (Fsp3) is 0.400. The van der Waals surface area contributed by atoms with Gasteiger partial charge in [-0.25, -0.2) is 0 Å². The minimum absolute atomic E-state index is 0.0542. The van der Waals surface area contributed by atoms with E-state index >= 15 is 0 Å². The van der Waals surface area contributed by atoms with Gasteiger partial charge < -0.3 is 19.5 Å². The maximum atomic E-state index is 11.8. The van der Waals surface area contributed by atoms with Crippen molar-refractivity contribution in [2.24, 2.45) is 5.92 Å². The number of nitrogens with zero attached hydrogens (tertiary/aromatic N) is 2. The lowest BCUT2D eigenvalue weighted by atomic mass is 10.1. The van der Waals surface area contributed by atoms with Crippen molar-refractivity contribution in [3.8, 4) is 11.5 Å². The molecule has 1 rings (SSSR count). The predicted molar refractivity (Wildman–Crippen MR) is 89.2 cm³/mol. The second-order valence-corrected chi connectivity index (χ2v) is 4.51. The Morgan fingerprint density at radius 2 is 1.77 bits per heavy atom. The molecule has 144 valence electrons. The summed E-state index contributed by atoms with van der Waals surface area (Å²) in [6, 6.07) is 3.98. The highest BCUT2D eigenvalue weighted by molar-refractivity contribution is 5.73. The molecule has 0 bridgehead atoms. The fourth-order valence-corrected chi connectivity index (χ4v) is 1.67. The lowest BCUT2D eigenvalue weighted by Gasteiger charge is -2.14. The molecule has 0 unspecified atom stereocenters. The molecule has 0 heterocycles. The number of phenolic OH excluding ortho intramolecular Hbond substituents is 1. The SMILES string of the molecule is C=Cc1cc(OC(=O)CC(CO[N+](=O)[O-])CO[N+](=O)[O-])ccc1O.CC. The Bertz CT molecular complexity index is 616. The number of hydrogen-bond acceptors (Lipinski definition) is 9. The first kappa shape index (κ1) is 22.6. The molecule has 0 amide bonds. The van der Waals surface area contributed by atoms with Crippen molar-refractivity contribution in [1.82, 2.24) is 0 Å². The molecule has 26 heavy (non-hydrogen) atoms. The molecule has 0 aliphatic carbocycles. The van der Waals surface area contributed by atoms with Crippen LogP contribution in [-0.4, -0.2) is 34.5 Å². The third-order valence-electron chi connectivity index (χ3n) is 2.74. The number of carbonyl (C=O) groups excluding carboxylic acids is 1. The van der Waals surface area contributed by atoms with Gasteiger partial charge in [0.15, 0.2) is 0 Å². The summed E-state index contributed by atoms with van der Waals surface area (Å²) in [4.78, 5) is 40.4. The minimum Gasteiger partial charge on any atom is -0.507 e. The van der Waals surface area contributed by atoms with Gasteiger partial charge in [0, 0.05) is 11.5 Å². The largest absolute Gasteiger partial charge is 0.507 e. The summed E-state index contributed by atoms with van der Waals surface area (Å²) in [6.07, 6.45) is 0.942. The van der Waals surface area contributed by atoms with E-state index in [2.05, 4.69) is 16.3 Å². The minimum atomic E-state index is -1.08. The first-order chi connectivity index (χ1) is 12.3. The van der Waals surface area contributed by atoms with Gasteiger partial charge >= 0.3 is 5.97 Å². The van der Waals surface area contributed by atoms with Gasteiger partial charge in [-0.05, 0) is 18.2 Å². The average molecular weight is 372 g/mol. The van der Waals surface area contributed by atoms with Crippen molar-refractivity contribution in [3.05, 3.63) is 50.6 Å². The molecule has 0 aromatic heterocycles. The van der Waals surface area contributed by atoms with E-state index in [0.717, 1.165) is 0 Å². The highest BCUT2D eigenvalue weighted by Crippen LogP contribution is 2.24. The van der Waals surface area contributed by atoms with Gasteiger partial charge in [0.2, 0.25) is 0 Å². The van der Waals surface area contributed by atoms with Gasteiger partial charge in [-0.1, -0.05) is 26.5 Å². The Hall–Kier alpha value is -3.37. The molecule has 0 spiro atoms. The molecular formula is C15H20N2O9. The Kier molecular flexibility index (Phi) is 10.5. The maximum absolute atomic E-state index is 11.8. The summed E-state index contributed by atoms with van der Waals surface area (Å²) in [5, 5.41) is 27.7. The molecule has 11 heteroatoms. The predicted octanol–water partition coefficient (Wildman–Crippen LogP) is 2.39. The van der Waals surface area contributed by atoms with Crippen LogP contribution in [0.2, 0.25) is 0 Å². The van der Waals surface area contributed by atoms with Crippen LogP contribution in [-0.2, 0) is 14.5 Å². The van der Waals surface area contributed by atoms with Crippen molar-refractivity contribution in [1.29, 1.82) is 0 Å². The van der Waals surface area contributed by atoms with Crippen LogP contribution in [0.5, 0.6) is 11.5 Å². The highest BCUT2D eigenvalue weighted by atomic mass is 17.0. The van der Waals surface area contributed by atoms with Gasteiger partial charge in [0.1, 0.15) is 24.7 Å². The zero-order valence-corrected chi connectivity index (χ0v) is 14.3. The molecule has 0 aliphatic rings. The van der Waals surface area contributed by atoms with Crippen molar-refractivity contribution < 1.29 is 34.5 Å². The molecule has 0 aliphatic heterocycles. The quantitative estimate of drug-likeness (QED) is 0.282. The van der Waals surface area contributed by atoms with Crippen LogP contribution in [0.1, 0.15) is 25.8 Å². The number of hydrogen-bond donors (Lipinski definition) is 1. The van der Waals surface area contributed by atoms with Crippen LogP contribution < -0.4 is 4.74 Å². The van der Waals surface area contributed by atoms with Crippen LogP contribution in [0, 0.1) is 26.1 Å². The third kappa shape index (κ3) is 9.05. The van der Waals surface area contributed by atoms with E-state index in [1.165, 1.54) is 24.3 Å². The molecule has 0 saturated heterocycles. The fourth-order valence-electron chi connectivity index (χ4n) is 1.67. The lowest BCUT2D eigenvalue weighted by Crippen LogP contribution is -2.24. The summed E-state index contributed by atoms with van der Waals surface area (Å²) in [5.41, 5.74) is 0.338. The summed E-state index contributed by atoms with van der Waals surface area (Å²) < 4.78 is 5.01. The van der Waals surface area contributed by atoms with E-state index in [1.807, 2.05) is 13.8 Å². The average Bonchev–Trinajstić information content (AvgIpc) is 2.60. The first-order valence-corrected chi connectivity index (χ1v) is 7.52. The molecule has 0 atom stereocenters. The van der Waals surface area contributed by atoms with Crippen molar-refractivity contribution >= 4 is 12.0 Å². The van der Waals surface area contributed by atoms with Gasteiger partial charge in [-0.15, -0.1) is 20.2 Å². The number of aromatic hydroxyl groups is 1. The molecular weight excluding hydrogens is 352 g/mol. The number of esters is 1. The summed E-state index contributed by atoms with van der Waals surface area (Å²) in [6.45, 7) is 6.35. The molecule has 0 fully saturated rings. The second kappa shape index (κ2) is 12.1. The molecule has 1 N–H and O–H groups in total. The van der Waals surface area contributed by atoms with Gasteiger partial charge in [0.25, 0.3) is 10.2 Å². The van der Waals surface area contributed by atoms with Crippen LogP contribution >= 0.6 is 0 Å². The van der Waals surface area contributed by atoms with Crippen molar-refractivity contribution in [2.75, 3.05) is 13.2 Å². The van der Waals surface area contributed by atoms with Crippen LogP contribution in [0.25, 0.3) is 6.08 Å². The van der Waals surface area contributed by atoms with Crippen molar-refractivity contribution in [2.45, 2.75) is 20.3 Å². The number of carbonyl (C=O) groups is 1. The van der Waals surface area contributed by atoms with Crippen LogP contribution in [0.15, 0.2) is 24.8 Å². The number of benzene rings is 1. The van der Waals surface area contributed by atoms with E-state index in [4.69, 9.17) is 4.74 Å². The third-order valence-corrected chi connectivity index (χ3v) is 2.74. The molecule has 0 saturated carbocycles. The Labute approximate surface area is 149 Å². The smallest absolute Gasteiger partial charge is 0.311 e. The summed E-state index contributed by atoms with van der Waals surface area (Å²) in [7, 11) is 0. The Morgan fingerprint density at radius 3 is 2.23 bits per heavy atom. The number of rotatable bonds is 10. The number of phenols is 1. The maximum Gasteiger partial charge on any atom is 0.311 e. The van der Waals surface area contributed by atoms with Crippen LogP contribution in [0.4, 0.5) is 0 Å².